The summed E-state index contributed by atoms with van der Waals surface area (Å²) in [6.45, 7) is 4.87. The van der Waals surface area contributed by atoms with Gasteiger partial charge in [0.15, 0.2) is 0 Å². The molecule has 0 unspecified atom stereocenters. The van der Waals surface area contributed by atoms with E-state index in [1.807, 2.05) is 18.2 Å². The van der Waals surface area contributed by atoms with Crippen molar-refractivity contribution in [1.82, 2.24) is 0 Å². The molecule has 29 heavy (non-hydrogen) atoms. The number of rotatable bonds is 7. The molecule has 0 aromatic heterocycles. The fraction of sp³-hybridized carbons (Fsp3) is 0.440. The van der Waals surface area contributed by atoms with Gasteiger partial charge in [0.2, 0.25) is 0 Å². The second-order valence-corrected chi connectivity index (χ2v) is 13.8. The molecule has 0 radical (unpaired) electrons. The first-order chi connectivity index (χ1) is 14.0. The van der Waals surface area contributed by atoms with Crippen LogP contribution in [0.15, 0.2) is 48.5 Å². The highest BCUT2D eigenvalue weighted by atomic mass is 28.3. The zero-order chi connectivity index (χ0) is 20.7. The SMILES string of the molecule is CCCCC[Si]1(C)CCC(c2cccc(OC(=O)c3ccc(C#N)cc3)c2)CC1. The van der Waals surface area contributed by atoms with Crippen LogP contribution >= 0.6 is 0 Å². The third-order valence-corrected chi connectivity index (χ3v) is 10.9. The van der Waals surface area contributed by atoms with Crippen molar-refractivity contribution < 1.29 is 9.53 Å². The van der Waals surface area contributed by atoms with Crippen LogP contribution < -0.4 is 4.74 Å². The Morgan fingerprint density at radius 2 is 1.86 bits per heavy atom. The summed E-state index contributed by atoms with van der Waals surface area (Å²) in [4.78, 5) is 12.4. The second-order valence-electron chi connectivity index (χ2n) is 8.69. The van der Waals surface area contributed by atoms with Crippen LogP contribution in [-0.2, 0) is 0 Å². The van der Waals surface area contributed by atoms with Crippen molar-refractivity contribution in [2.24, 2.45) is 0 Å². The number of nitriles is 1. The fourth-order valence-electron chi connectivity index (χ4n) is 4.38. The van der Waals surface area contributed by atoms with Crippen molar-refractivity contribution in [2.75, 3.05) is 0 Å². The third-order valence-electron chi connectivity index (χ3n) is 6.37. The minimum atomic E-state index is -1.05. The van der Waals surface area contributed by atoms with Crippen LogP contribution in [0.1, 0.15) is 66.4 Å². The lowest BCUT2D eigenvalue weighted by Gasteiger charge is -2.36. The lowest BCUT2D eigenvalue weighted by molar-refractivity contribution is 0.0734. The number of nitrogens with zero attached hydrogens (tertiary/aromatic N) is 1. The number of carbonyl (C=O) groups is 1. The number of benzene rings is 2. The maximum absolute atomic E-state index is 12.4. The first kappa shape index (κ1) is 21.3. The van der Waals surface area contributed by atoms with Crippen LogP contribution in [-0.4, -0.2) is 14.0 Å². The highest BCUT2D eigenvalue weighted by molar-refractivity contribution is 6.78. The predicted octanol–water partition coefficient (Wildman–Crippen LogP) is 6.92. The molecule has 152 valence electrons. The zero-order valence-electron chi connectivity index (χ0n) is 17.6. The molecule has 3 nitrogen and oxygen atoms in total. The molecule has 1 saturated heterocycles. The van der Waals surface area contributed by atoms with E-state index in [4.69, 9.17) is 10.00 Å². The van der Waals surface area contributed by atoms with Gasteiger partial charge in [0.25, 0.3) is 0 Å². The Morgan fingerprint density at radius 1 is 1.14 bits per heavy atom. The smallest absolute Gasteiger partial charge is 0.343 e. The summed E-state index contributed by atoms with van der Waals surface area (Å²) in [5.41, 5.74) is 2.28. The monoisotopic (exact) mass is 405 g/mol. The van der Waals surface area contributed by atoms with Gasteiger partial charge in [-0.2, -0.15) is 5.26 Å². The number of carbonyl (C=O) groups excluding carboxylic acids is 1. The standard InChI is InChI=1S/C25H31NO2Si/c1-3-4-5-15-29(2)16-13-21(14-17-29)23-7-6-8-24(18-23)28-25(27)22-11-9-20(19-26)10-12-22/h6-12,18,21H,3-5,13-17H2,1-2H3. The first-order valence-corrected chi connectivity index (χ1v) is 14.0. The minimum absolute atomic E-state index is 0.383. The topological polar surface area (TPSA) is 50.1 Å². The highest BCUT2D eigenvalue weighted by Gasteiger charge is 2.33. The molecule has 4 heteroatoms. The van der Waals surface area contributed by atoms with E-state index in [9.17, 15) is 4.79 Å². The van der Waals surface area contributed by atoms with E-state index in [0.717, 1.165) is 0 Å². The molecule has 0 amide bonds. The van der Waals surface area contributed by atoms with Gasteiger partial charge in [0.1, 0.15) is 5.75 Å². The lowest BCUT2D eigenvalue weighted by atomic mass is 9.93. The number of hydrogen-bond donors (Lipinski definition) is 0. The van der Waals surface area contributed by atoms with Gasteiger partial charge in [0, 0.05) is 0 Å². The van der Waals surface area contributed by atoms with E-state index in [1.165, 1.54) is 55.8 Å². The lowest BCUT2D eigenvalue weighted by Crippen LogP contribution is -2.34. The van der Waals surface area contributed by atoms with Crippen LogP contribution in [0.4, 0.5) is 0 Å². The van der Waals surface area contributed by atoms with E-state index in [0.29, 0.717) is 22.8 Å². The minimum Gasteiger partial charge on any atom is -0.423 e. The van der Waals surface area contributed by atoms with Gasteiger partial charge in [-0.15, -0.1) is 0 Å². The van der Waals surface area contributed by atoms with Crippen molar-refractivity contribution in [2.45, 2.75) is 69.6 Å². The average Bonchev–Trinajstić information content (AvgIpc) is 2.74. The molecule has 0 saturated carbocycles. The summed E-state index contributed by atoms with van der Waals surface area (Å²) in [5, 5.41) is 8.88. The molecular formula is C25H31NO2Si. The maximum Gasteiger partial charge on any atom is 0.343 e. The molecule has 0 atom stereocenters. The average molecular weight is 406 g/mol. The van der Waals surface area contributed by atoms with Gasteiger partial charge in [-0.05, 0) is 60.7 Å². The molecule has 2 aromatic rings. The molecule has 0 spiro atoms. The van der Waals surface area contributed by atoms with Crippen LogP contribution in [0.5, 0.6) is 5.75 Å². The van der Waals surface area contributed by atoms with Crippen molar-refractivity contribution >= 4 is 14.0 Å². The molecule has 0 bridgehead atoms. The molecule has 0 aliphatic carbocycles. The van der Waals surface area contributed by atoms with E-state index in [2.05, 4.69) is 25.6 Å². The quantitative estimate of drug-likeness (QED) is 0.217. The van der Waals surface area contributed by atoms with Gasteiger partial charge in [-0.25, -0.2) is 4.79 Å². The Bertz CT molecular complexity index is 861. The third kappa shape index (κ3) is 5.80. The molecule has 2 aromatic carbocycles. The Hall–Kier alpha value is -2.38. The van der Waals surface area contributed by atoms with Gasteiger partial charge in [-0.1, -0.05) is 63.0 Å². The van der Waals surface area contributed by atoms with Crippen LogP contribution in [0.2, 0.25) is 24.7 Å². The van der Waals surface area contributed by atoms with Crippen LogP contribution in [0, 0.1) is 11.3 Å². The van der Waals surface area contributed by atoms with Gasteiger partial charge >= 0.3 is 5.97 Å². The number of esters is 1. The largest absolute Gasteiger partial charge is 0.423 e. The molecule has 1 heterocycles. The van der Waals surface area contributed by atoms with Crippen molar-refractivity contribution in [3.8, 4) is 11.8 Å². The van der Waals surface area contributed by atoms with E-state index in [1.54, 1.807) is 24.3 Å². The van der Waals surface area contributed by atoms with Gasteiger partial charge < -0.3 is 4.74 Å². The summed E-state index contributed by atoms with van der Waals surface area (Å²) >= 11 is 0. The van der Waals surface area contributed by atoms with Gasteiger partial charge in [-0.3, -0.25) is 0 Å². The number of unbranched alkanes of at least 4 members (excludes halogenated alkanes) is 2. The molecular weight excluding hydrogens is 374 g/mol. The Labute approximate surface area is 175 Å². The van der Waals surface area contributed by atoms with E-state index < -0.39 is 8.07 Å². The van der Waals surface area contributed by atoms with E-state index >= 15 is 0 Å². The van der Waals surface area contributed by atoms with Gasteiger partial charge in [0.05, 0.1) is 25.3 Å². The molecule has 1 aliphatic heterocycles. The maximum atomic E-state index is 12.4. The van der Waals surface area contributed by atoms with Crippen molar-refractivity contribution in [3.05, 3.63) is 65.2 Å². The summed E-state index contributed by atoms with van der Waals surface area (Å²) in [5.74, 6) is 0.798. The van der Waals surface area contributed by atoms with Crippen LogP contribution in [0.25, 0.3) is 0 Å². The molecule has 1 aliphatic rings. The fourth-order valence-corrected chi connectivity index (χ4v) is 8.32. The first-order valence-electron chi connectivity index (χ1n) is 10.9. The van der Waals surface area contributed by atoms with E-state index in [-0.39, 0.29) is 5.97 Å². The van der Waals surface area contributed by atoms with Crippen molar-refractivity contribution in [1.29, 1.82) is 5.26 Å². The summed E-state index contributed by atoms with van der Waals surface area (Å²) in [6.07, 6.45) is 6.62. The molecule has 1 fully saturated rings. The summed E-state index contributed by atoms with van der Waals surface area (Å²) in [6, 6.07) is 20.9. The number of hydrogen-bond acceptors (Lipinski definition) is 3. The Morgan fingerprint density at radius 3 is 2.52 bits per heavy atom. The van der Waals surface area contributed by atoms with Crippen LogP contribution in [0.3, 0.4) is 0 Å². The Balaban J connectivity index is 1.60. The highest BCUT2D eigenvalue weighted by Crippen LogP contribution is 2.41. The van der Waals surface area contributed by atoms with Crippen molar-refractivity contribution in [3.63, 3.8) is 0 Å². The summed E-state index contributed by atoms with van der Waals surface area (Å²) in [7, 11) is -1.05. The number of ether oxygens (including phenoxy) is 1. The molecule has 0 N–H and O–H groups in total. The molecule has 3 rings (SSSR count). The Kier molecular flexibility index (Phi) is 7.27. The summed E-state index contributed by atoms with van der Waals surface area (Å²) < 4.78 is 5.60. The predicted molar refractivity (Wildman–Crippen MR) is 120 cm³/mol. The zero-order valence-corrected chi connectivity index (χ0v) is 18.6. The normalized spacial score (nSPS) is 21.3. The second kappa shape index (κ2) is 9.89.